The molecule has 1 amide bonds. The van der Waals surface area contributed by atoms with Crippen molar-refractivity contribution in [2.24, 2.45) is 7.05 Å². The molecule has 0 bridgehead atoms. The molecule has 2 heterocycles. The van der Waals surface area contributed by atoms with Crippen LogP contribution >= 0.6 is 0 Å². The summed E-state index contributed by atoms with van der Waals surface area (Å²) >= 11 is 0. The fourth-order valence-electron chi connectivity index (χ4n) is 4.16. The third-order valence-electron chi connectivity index (χ3n) is 5.95. The zero-order valence-electron chi connectivity index (χ0n) is 19.8. The van der Waals surface area contributed by atoms with Crippen molar-refractivity contribution in [1.82, 2.24) is 14.5 Å². The standard InChI is InChI=1S/C26H18F7N3O2/c1-35(13-14-9-16(25(28,29)30)11-17(10-14)26(31,32)33)24(38)22-21(15-3-5-18(27)6-4-15)19-7-8-34-12-20(19)23(37)36(22)2/h3-12H,13H2,1-2H3. The molecule has 0 aliphatic heterocycles. The number of carbonyl (C=O) groups excluding carboxylic acids is 1. The van der Waals surface area contributed by atoms with Gasteiger partial charge in [0.1, 0.15) is 11.5 Å². The third kappa shape index (κ3) is 5.11. The summed E-state index contributed by atoms with van der Waals surface area (Å²) in [5.74, 6) is -1.41. The average molecular weight is 537 g/mol. The normalized spacial score (nSPS) is 12.1. The van der Waals surface area contributed by atoms with Crippen LogP contribution in [0, 0.1) is 5.82 Å². The van der Waals surface area contributed by atoms with Gasteiger partial charge in [0.25, 0.3) is 11.5 Å². The van der Waals surface area contributed by atoms with Gasteiger partial charge in [-0.25, -0.2) is 4.39 Å². The second-order valence-electron chi connectivity index (χ2n) is 8.59. The topological polar surface area (TPSA) is 55.2 Å². The number of pyridine rings is 2. The maximum Gasteiger partial charge on any atom is 0.416 e. The number of aromatic nitrogens is 2. The molecule has 0 spiro atoms. The number of hydrogen-bond donors (Lipinski definition) is 0. The van der Waals surface area contributed by atoms with Crippen LogP contribution in [-0.4, -0.2) is 27.4 Å². The first-order chi connectivity index (χ1) is 17.7. The SMILES string of the molecule is CN(Cc1cc(C(F)(F)F)cc(C(F)(F)F)c1)C(=O)c1c(-c2ccc(F)cc2)c2ccncc2c(=O)n1C. The lowest BCUT2D eigenvalue weighted by Crippen LogP contribution is -2.33. The molecule has 12 heteroatoms. The predicted molar refractivity (Wildman–Crippen MR) is 125 cm³/mol. The highest BCUT2D eigenvalue weighted by atomic mass is 19.4. The minimum absolute atomic E-state index is 0.000957. The Labute approximate surface area is 210 Å². The molecule has 4 aromatic rings. The molecule has 0 unspecified atom stereocenters. The maximum atomic E-state index is 13.6. The van der Waals surface area contributed by atoms with E-state index in [-0.39, 0.29) is 22.7 Å². The van der Waals surface area contributed by atoms with Crippen LogP contribution in [0.3, 0.4) is 0 Å². The Bertz CT molecular complexity index is 1560. The number of benzene rings is 2. The number of fused-ring (bicyclic) bond motifs is 1. The van der Waals surface area contributed by atoms with E-state index < -0.39 is 52.9 Å². The Morgan fingerprint density at radius 1 is 0.921 bits per heavy atom. The van der Waals surface area contributed by atoms with Gasteiger partial charge in [0.15, 0.2) is 0 Å². The van der Waals surface area contributed by atoms with Crippen LogP contribution in [0.25, 0.3) is 21.9 Å². The molecule has 5 nitrogen and oxygen atoms in total. The summed E-state index contributed by atoms with van der Waals surface area (Å²) in [6.45, 7) is -0.628. The van der Waals surface area contributed by atoms with E-state index in [1.165, 1.54) is 44.7 Å². The van der Waals surface area contributed by atoms with Gasteiger partial charge in [0, 0.05) is 44.0 Å². The zero-order valence-corrected chi connectivity index (χ0v) is 19.8. The summed E-state index contributed by atoms with van der Waals surface area (Å²) in [5, 5.41) is 0.464. The molecule has 0 aliphatic carbocycles. The van der Waals surface area contributed by atoms with Gasteiger partial charge >= 0.3 is 12.4 Å². The quantitative estimate of drug-likeness (QED) is 0.298. The second kappa shape index (κ2) is 9.58. The molecule has 0 N–H and O–H groups in total. The van der Waals surface area contributed by atoms with Crippen LogP contribution in [0.5, 0.6) is 0 Å². The summed E-state index contributed by atoms with van der Waals surface area (Å²) < 4.78 is 94.4. The molecule has 0 fully saturated rings. The lowest BCUT2D eigenvalue weighted by molar-refractivity contribution is -0.143. The van der Waals surface area contributed by atoms with Crippen molar-refractivity contribution in [3.8, 4) is 11.1 Å². The van der Waals surface area contributed by atoms with E-state index in [0.29, 0.717) is 23.1 Å². The van der Waals surface area contributed by atoms with E-state index >= 15 is 0 Å². The molecule has 0 saturated carbocycles. The lowest BCUT2D eigenvalue weighted by Gasteiger charge is -2.23. The Kier molecular flexibility index (Phi) is 6.77. The highest BCUT2D eigenvalue weighted by molar-refractivity contribution is 6.08. The minimum atomic E-state index is -5.05. The average Bonchev–Trinajstić information content (AvgIpc) is 2.85. The minimum Gasteiger partial charge on any atom is -0.336 e. The Morgan fingerprint density at radius 3 is 2.05 bits per heavy atom. The number of halogens is 7. The molecule has 198 valence electrons. The van der Waals surface area contributed by atoms with E-state index in [1.54, 1.807) is 0 Å². The van der Waals surface area contributed by atoms with E-state index in [2.05, 4.69) is 4.98 Å². The highest BCUT2D eigenvalue weighted by Crippen LogP contribution is 2.37. The number of carbonyl (C=O) groups is 1. The van der Waals surface area contributed by atoms with E-state index in [9.17, 15) is 40.3 Å². The molecule has 38 heavy (non-hydrogen) atoms. The highest BCUT2D eigenvalue weighted by Gasteiger charge is 2.37. The number of amides is 1. The number of nitrogens with zero attached hydrogens (tertiary/aromatic N) is 3. The van der Waals surface area contributed by atoms with Gasteiger partial charge in [-0.05, 0) is 47.5 Å². The molecule has 4 rings (SSSR count). The van der Waals surface area contributed by atoms with Gasteiger partial charge in [0.2, 0.25) is 0 Å². The van der Waals surface area contributed by atoms with E-state index in [4.69, 9.17) is 0 Å². The van der Waals surface area contributed by atoms with Gasteiger partial charge in [-0.2, -0.15) is 26.3 Å². The molecule has 2 aromatic carbocycles. The van der Waals surface area contributed by atoms with Crippen LogP contribution in [0.4, 0.5) is 30.7 Å². The van der Waals surface area contributed by atoms with Gasteiger partial charge in [-0.1, -0.05) is 12.1 Å². The number of hydrogen-bond acceptors (Lipinski definition) is 3. The van der Waals surface area contributed by atoms with Crippen LogP contribution in [0.2, 0.25) is 0 Å². The maximum absolute atomic E-state index is 13.6. The fourth-order valence-corrected chi connectivity index (χ4v) is 4.16. The first-order valence-corrected chi connectivity index (χ1v) is 10.9. The monoisotopic (exact) mass is 537 g/mol. The Balaban J connectivity index is 1.86. The largest absolute Gasteiger partial charge is 0.416 e. The van der Waals surface area contributed by atoms with Crippen LogP contribution in [0.15, 0.2) is 65.7 Å². The molecular formula is C26H18F7N3O2. The number of rotatable bonds is 4. The van der Waals surface area contributed by atoms with Gasteiger partial charge in [-0.15, -0.1) is 0 Å². The zero-order chi connectivity index (χ0) is 28.0. The summed E-state index contributed by atoms with van der Waals surface area (Å²) in [4.78, 5) is 31.5. The second-order valence-corrected chi connectivity index (χ2v) is 8.59. The third-order valence-corrected chi connectivity index (χ3v) is 5.95. The van der Waals surface area contributed by atoms with Crippen LogP contribution in [-0.2, 0) is 25.9 Å². The molecule has 0 saturated heterocycles. The Morgan fingerprint density at radius 2 is 1.50 bits per heavy atom. The van der Waals surface area contributed by atoms with Gasteiger partial charge in [0.05, 0.1) is 16.5 Å². The summed E-state index contributed by atoms with van der Waals surface area (Å²) in [5.41, 5.74) is -3.66. The fraction of sp³-hybridized carbons (Fsp3) is 0.192. The van der Waals surface area contributed by atoms with E-state index in [1.807, 2.05) is 0 Å². The molecule has 0 aliphatic rings. The van der Waals surface area contributed by atoms with E-state index in [0.717, 1.165) is 21.6 Å². The molecular weight excluding hydrogens is 519 g/mol. The van der Waals surface area contributed by atoms with Crippen molar-refractivity contribution in [1.29, 1.82) is 0 Å². The predicted octanol–water partition coefficient (Wildman–Crippen LogP) is 6.05. The van der Waals surface area contributed by atoms with Crippen molar-refractivity contribution in [3.05, 3.63) is 99.5 Å². The molecule has 2 aromatic heterocycles. The van der Waals surface area contributed by atoms with Gasteiger partial charge in [-0.3, -0.25) is 14.6 Å². The van der Waals surface area contributed by atoms with Crippen molar-refractivity contribution in [2.75, 3.05) is 7.05 Å². The number of alkyl halides is 6. The van der Waals surface area contributed by atoms with Crippen molar-refractivity contribution in [3.63, 3.8) is 0 Å². The van der Waals surface area contributed by atoms with Gasteiger partial charge < -0.3 is 9.47 Å². The van der Waals surface area contributed by atoms with Crippen molar-refractivity contribution >= 4 is 16.7 Å². The summed E-state index contributed by atoms with van der Waals surface area (Å²) in [7, 11) is 2.49. The first kappa shape index (κ1) is 26.8. The van der Waals surface area contributed by atoms with Crippen molar-refractivity contribution in [2.45, 2.75) is 18.9 Å². The molecule has 0 atom stereocenters. The smallest absolute Gasteiger partial charge is 0.336 e. The lowest BCUT2D eigenvalue weighted by atomic mass is 9.97. The van der Waals surface area contributed by atoms with Crippen LogP contribution in [0.1, 0.15) is 27.2 Å². The van der Waals surface area contributed by atoms with Crippen molar-refractivity contribution < 1.29 is 35.5 Å². The summed E-state index contributed by atoms with van der Waals surface area (Å²) in [6.07, 6.45) is -7.42. The summed E-state index contributed by atoms with van der Waals surface area (Å²) in [6, 6.07) is 7.60. The Hall–Kier alpha value is -4.22. The molecule has 0 radical (unpaired) electrons. The first-order valence-electron chi connectivity index (χ1n) is 10.9. The van der Waals surface area contributed by atoms with Crippen LogP contribution < -0.4 is 5.56 Å².